The first kappa shape index (κ1) is 16.9. The Labute approximate surface area is 154 Å². The van der Waals surface area contributed by atoms with E-state index in [1.165, 1.54) is 16.7 Å². The molecule has 0 unspecified atom stereocenters. The predicted octanol–water partition coefficient (Wildman–Crippen LogP) is 6.03. The minimum atomic E-state index is 0.793. The van der Waals surface area contributed by atoms with Gasteiger partial charge in [-0.25, -0.2) is 4.98 Å². The van der Waals surface area contributed by atoms with Gasteiger partial charge in [-0.05, 0) is 44.0 Å². The van der Waals surface area contributed by atoms with E-state index in [-0.39, 0.29) is 0 Å². The summed E-state index contributed by atoms with van der Waals surface area (Å²) in [5.74, 6) is 0. The molecule has 0 saturated heterocycles. The van der Waals surface area contributed by atoms with Crippen molar-refractivity contribution in [3.05, 3.63) is 69.0 Å². The lowest BCUT2D eigenvalue weighted by atomic mass is 10.0. The number of hydrogen-bond acceptors (Lipinski definition) is 4. The highest BCUT2D eigenvalue weighted by Crippen LogP contribution is 2.28. The topological polar surface area (TPSA) is 37.3 Å². The maximum Gasteiger partial charge on any atom is 0.203 e. The van der Waals surface area contributed by atoms with Crippen molar-refractivity contribution in [2.75, 3.05) is 5.43 Å². The molecule has 1 aromatic heterocycles. The second kappa shape index (κ2) is 7.28. The van der Waals surface area contributed by atoms with Gasteiger partial charge in [-0.2, -0.15) is 5.10 Å². The number of anilines is 1. The number of nitrogens with zero attached hydrogens (tertiary/aromatic N) is 2. The third-order valence-electron chi connectivity index (χ3n) is 3.74. The van der Waals surface area contributed by atoms with Crippen LogP contribution >= 0.6 is 27.3 Å². The Morgan fingerprint density at radius 3 is 2.58 bits per heavy atom. The molecule has 3 rings (SSSR count). The molecule has 0 bridgehead atoms. The number of aromatic nitrogens is 1. The maximum atomic E-state index is 4.64. The molecule has 3 nitrogen and oxygen atoms in total. The molecular formula is C19H18BrN3S. The average molecular weight is 400 g/mol. The molecular weight excluding hydrogens is 382 g/mol. The molecule has 2 aromatic carbocycles. The fourth-order valence-electron chi connectivity index (χ4n) is 2.44. The van der Waals surface area contributed by atoms with Gasteiger partial charge in [-0.3, -0.25) is 5.43 Å². The number of thiazole rings is 1. The van der Waals surface area contributed by atoms with Gasteiger partial charge in [0.05, 0.1) is 11.4 Å². The zero-order valence-electron chi connectivity index (χ0n) is 13.8. The van der Waals surface area contributed by atoms with Crippen LogP contribution in [0.1, 0.15) is 23.6 Å². The van der Waals surface area contributed by atoms with Gasteiger partial charge in [0, 0.05) is 15.4 Å². The van der Waals surface area contributed by atoms with Crippen LogP contribution in [0.25, 0.3) is 11.3 Å². The van der Waals surface area contributed by atoms with Gasteiger partial charge in [0.2, 0.25) is 5.13 Å². The highest BCUT2D eigenvalue weighted by atomic mass is 79.9. The number of rotatable bonds is 4. The van der Waals surface area contributed by atoms with Crippen molar-refractivity contribution in [1.29, 1.82) is 0 Å². The van der Waals surface area contributed by atoms with Crippen molar-refractivity contribution in [3.63, 3.8) is 0 Å². The normalized spacial score (nSPS) is 11.6. The summed E-state index contributed by atoms with van der Waals surface area (Å²) in [4.78, 5) is 4.64. The predicted molar refractivity (Wildman–Crippen MR) is 107 cm³/mol. The SMILES string of the molecule is CC(=NNc1nc(-c2ccc(C)cc2C)cs1)c1ccc(Br)cc1. The first-order valence-electron chi connectivity index (χ1n) is 7.62. The number of aryl methyl sites for hydroxylation is 2. The minimum absolute atomic E-state index is 0.793. The Balaban J connectivity index is 1.76. The fourth-order valence-corrected chi connectivity index (χ4v) is 3.35. The van der Waals surface area contributed by atoms with E-state index in [0.717, 1.165) is 26.6 Å². The van der Waals surface area contributed by atoms with Crippen molar-refractivity contribution in [2.24, 2.45) is 5.10 Å². The summed E-state index contributed by atoms with van der Waals surface area (Å²) < 4.78 is 1.06. The van der Waals surface area contributed by atoms with Crippen LogP contribution < -0.4 is 5.43 Å². The van der Waals surface area contributed by atoms with Gasteiger partial charge in [0.25, 0.3) is 0 Å². The molecule has 0 amide bonds. The molecule has 0 aliphatic heterocycles. The molecule has 5 heteroatoms. The van der Waals surface area contributed by atoms with Gasteiger partial charge in [0.15, 0.2) is 0 Å². The van der Waals surface area contributed by atoms with Crippen LogP contribution in [0.3, 0.4) is 0 Å². The van der Waals surface area contributed by atoms with E-state index >= 15 is 0 Å². The lowest BCUT2D eigenvalue weighted by Crippen LogP contribution is -1.99. The molecule has 1 N–H and O–H groups in total. The largest absolute Gasteiger partial charge is 0.252 e. The van der Waals surface area contributed by atoms with Gasteiger partial charge >= 0.3 is 0 Å². The van der Waals surface area contributed by atoms with Crippen molar-refractivity contribution in [3.8, 4) is 11.3 Å². The molecule has 0 aliphatic rings. The summed E-state index contributed by atoms with van der Waals surface area (Å²) in [5, 5.41) is 7.29. The zero-order valence-corrected chi connectivity index (χ0v) is 16.2. The third-order valence-corrected chi connectivity index (χ3v) is 5.02. The lowest BCUT2D eigenvalue weighted by Gasteiger charge is -2.03. The Hall–Kier alpha value is -1.98. The van der Waals surface area contributed by atoms with Crippen LogP contribution in [0.2, 0.25) is 0 Å². The third kappa shape index (κ3) is 3.91. The second-order valence-corrected chi connectivity index (χ2v) is 7.45. The highest BCUT2D eigenvalue weighted by molar-refractivity contribution is 9.10. The summed E-state index contributed by atoms with van der Waals surface area (Å²) in [6, 6.07) is 14.5. The van der Waals surface area contributed by atoms with E-state index in [2.05, 4.69) is 68.9 Å². The molecule has 0 fully saturated rings. The summed E-state index contributed by atoms with van der Waals surface area (Å²) in [7, 11) is 0. The minimum Gasteiger partial charge on any atom is -0.252 e. The molecule has 0 spiro atoms. The quantitative estimate of drug-likeness (QED) is 0.429. The Morgan fingerprint density at radius 1 is 1.12 bits per heavy atom. The van der Waals surface area contributed by atoms with Gasteiger partial charge in [-0.1, -0.05) is 51.8 Å². The van der Waals surface area contributed by atoms with E-state index in [1.54, 1.807) is 11.3 Å². The maximum absolute atomic E-state index is 4.64. The van der Waals surface area contributed by atoms with Crippen molar-refractivity contribution in [1.82, 2.24) is 4.98 Å². The molecule has 24 heavy (non-hydrogen) atoms. The summed E-state index contributed by atoms with van der Waals surface area (Å²) in [5.41, 5.74) is 9.71. The molecule has 3 aromatic rings. The van der Waals surface area contributed by atoms with E-state index < -0.39 is 0 Å². The van der Waals surface area contributed by atoms with E-state index in [9.17, 15) is 0 Å². The van der Waals surface area contributed by atoms with Gasteiger partial charge in [0.1, 0.15) is 0 Å². The number of hydrazone groups is 1. The lowest BCUT2D eigenvalue weighted by molar-refractivity contribution is 1.26. The van der Waals surface area contributed by atoms with Crippen LogP contribution in [0.15, 0.2) is 57.4 Å². The fraction of sp³-hybridized carbons (Fsp3) is 0.158. The molecule has 0 radical (unpaired) electrons. The van der Waals surface area contributed by atoms with Gasteiger partial charge in [-0.15, -0.1) is 11.3 Å². The van der Waals surface area contributed by atoms with Crippen molar-refractivity contribution < 1.29 is 0 Å². The van der Waals surface area contributed by atoms with Crippen LogP contribution in [-0.4, -0.2) is 10.7 Å². The second-order valence-electron chi connectivity index (χ2n) is 5.67. The van der Waals surface area contributed by atoms with Crippen LogP contribution in [0, 0.1) is 13.8 Å². The molecule has 0 atom stereocenters. The van der Waals surface area contributed by atoms with E-state index in [4.69, 9.17) is 0 Å². The number of halogens is 1. The van der Waals surface area contributed by atoms with Crippen LogP contribution in [-0.2, 0) is 0 Å². The Morgan fingerprint density at radius 2 is 1.88 bits per heavy atom. The molecule has 122 valence electrons. The number of nitrogens with one attached hydrogen (secondary N) is 1. The zero-order chi connectivity index (χ0) is 17.1. The highest BCUT2D eigenvalue weighted by Gasteiger charge is 2.07. The number of hydrogen-bond donors (Lipinski definition) is 1. The van der Waals surface area contributed by atoms with Crippen molar-refractivity contribution >= 4 is 38.1 Å². The first-order chi connectivity index (χ1) is 11.5. The summed E-state index contributed by atoms with van der Waals surface area (Å²) >= 11 is 5.00. The van der Waals surface area contributed by atoms with Crippen LogP contribution in [0.5, 0.6) is 0 Å². The summed E-state index contributed by atoms with van der Waals surface area (Å²) in [6.45, 7) is 6.20. The van der Waals surface area contributed by atoms with E-state index in [1.807, 2.05) is 31.2 Å². The van der Waals surface area contributed by atoms with Crippen LogP contribution in [0.4, 0.5) is 5.13 Å². The molecule has 0 saturated carbocycles. The Bertz CT molecular complexity index is 882. The molecule has 0 aliphatic carbocycles. The standard InChI is InChI=1S/C19H18BrN3S/c1-12-4-9-17(13(2)10-12)18-11-24-19(21-18)23-22-14(3)15-5-7-16(20)8-6-15/h4-11H,1-3H3,(H,21,23). The van der Waals surface area contributed by atoms with Crippen molar-refractivity contribution in [2.45, 2.75) is 20.8 Å². The smallest absolute Gasteiger partial charge is 0.203 e. The van der Waals surface area contributed by atoms with Gasteiger partial charge < -0.3 is 0 Å². The monoisotopic (exact) mass is 399 g/mol. The number of benzene rings is 2. The first-order valence-corrected chi connectivity index (χ1v) is 9.29. The Kier molecular flexibility index (Phi) is 5.11. The summed E-state index contributed by atoms with van der Waals surface area (Å²) in [6.07, 6.45) is 0. The van der Waals surface area contributed by atoms with E-state index in [0.29, 0.717) is 0 Å². The molecule has 1 heterocycles. The average Bonchev–Trinajstić information content (AvgIpc) is 3.02.